The van der Waals surface area contributed by atoms with Crippen LogP contribution in [0.4, 0.5) is 0 Å². The predicted molar refractivity (Wildman–Crippen MR) is 93.7 cm³/mol. The quantitative estimate of drug-likeness (QED) is 0.843. The smallest absolute Gasteiger partial charge is 0.201 e. The van der Waals surface area contributed by atoms with Gasteiger partial charge in [0, 0.05) is 23.9 Å². The second-order valence-corrected chi connectivity index (χ2v) is 5.50. The molecular formula is C16H16ClNO3S. The van der Waals surface area contributed by atoms with Gasteiger partial charge in [-0.25, -0.2) is 0 Å². The van der Waals surface area contributed by atoms with Gasteiger partial charge in [-0.05, 0) is 30.1 Å². The fraction of sp³-hybridized carbons (Fsp3) is 0.188. The maximum atomic E-state index is 12.8. The summed E-state index contributed by atoms with van der Waals surface area (Å²) < 4.78 is 6.76. The van der Waals surface area contributed by atoms with Crippen LogP contribution in [-0.4, -0.2) is 16.2 Å². The highest BCUT2D eigenvalue weighted by Gasteiger charge is 2.16. The number of aromatic nitrogens is 1. The zero-order valence-electron chi connectivity index (χ0n) is 12.5. The van der Waals surface area contributed by atoms with Crippen LogP contribution in [0.15, 0.2) is 41.4 Å². The minimum atomic E-state index is -0.247. The number of benzene rings is 1. The molecule has 116 valence electrons. The van der Waals surface area contributed by atoms with Crippen LogP contribution in [-0.2, 0) is 0 Å². The van der Waals surface area contributed by atoms with E-state index in [1.54, 1.807) is 16.2 Å². The number of nitrogens with zero attached hydrogens (tertiary/aromatic N) is 1. The van der Waals surface area contributed by atoms with E-state index in [1.807, 2.05) is 32.1 Å². The van der Waals surface area contributed by atoms with Crippen molar-refractivity contribution in [2.75, 3.05) is 7.11 Å². The van der Waals surface area contributed by atoms with E-state index in [1.165, 1.54) is 13.2 Å². The van der Waals surface area contributed by atoms with Gasteiger partial charge in [-0.3, -0.25) is 8.77 Å². The minimum Gasteiger partial charge on any atom is -0.507 e. The summed E-state index contributed by atoms with van der Waals surface area (Å²) in [6, 6.07) is 3.09. The van der Waals surface area contributed by atoms with E-state index in [0.29, 0.717) is 16.8 Å². The number of pyridine rings is 1. The number of hydrogen-bond acceptors (Lipinski definition) is 4. The summed E-state index contributed by atoms with van der Waals surface area (Å²) in [6.07, 6.45) is 7.19. The number of halogens is 1. The van der Waals surface area contributed by atoms with Gasteiger partial charge in [0.25, 0.3) is 0 Å². The van der Waals surface area contributed by atoms with E-state index >= 15 is 0 Å². The average Bonchev–Trinajstić information content (AvgIpc) is 2.52. The third-order valence-electron chi connectivity index (χ3n) is 3.30. The van der Waals surface area contributed by atoms with Gasteiger partial charge in [-0.15, -0.1) is 0 Å². The molecule has 0 aliphatic rings. The largest absolute Gasteiger partial charge is 0.507 e. The summed E-state index contributed by atoms with van der Waals surface area (Å²) in [7, 11) is 7.42. The molecule has 2 aromatic rings. The lowest BCUT2D eigenvalue weighted by molar-refractivity contribution is 0.409. The Morgan fingerprint density at radius 2 is 2.14 bits per heavy atom. The minimum absolute atomic E-state index is 0.128. The third kappa shape index (κ3) is 2.87. The summed E-state index contributed by atoms with van der Waals surface area (Å²) in [5.74, 6) is 0.327. The number of methoxy groups -OCH3 is 1. The van der Waals surface area contributed by atoms with Crippen LogP contribution in [0.1, 0.15) is 19.4 Å². The Morgan fingerprint density at radius 3 is 2.68 bits per heavy atom. The van der Waals surface area contributed by atoms with Crippen LogP contribution in [0.2, 0.25) is 0 Å². The van der Waals surface area contributed by atoms with Crippen LogP contribution in [0, 0.1) is 0 Å². The molecule has 0 saturated carbocycles. The number of aromatic hydroxyl groups is 1. The molecule has 1 N–H and O–H groups in total. The lowest BCUT2D eigenvalue weighted by Crippen LogP contribution is -2.12. The molecular weight excluding hydrogens is 322 g/mol. The van der Waals surface area contributed by atoms with E-state index in [4.69, 9.17) is 15.4 Å². The standard InChI is InChI=1S/C16H16ClNO3S/c1-4-6-10(5-2)12-9-18(22-17)13-7-11(21-3)8-14(19)15(13)16(12)20/h4-9,19H,1-3H3/b6-4-,10-5+. The van der Waals surface area contributed by atoms with Crippen molar-refractivity contribution in [2.45, 2.75) is 13.8 Å². The molecule has 6 heteroatoms. The van der Waals surface area contributed by atoms with Gasteiger partial charge in [0.05, 0.1) is 29.2 Å². The fourth-order valence-corrected chi connectivity index (χ4v) is 2.98. The van der Waals surface area contributed by atoms with E-state index in [-0.39, 0.29) is 16.6 Å². The first-order valence-corrected chi connectivity index (χ1v) is 8.22. The molecule has 1 heterocycles. The number of phenols is 1. The molecule has 0 unspecified atom stereocenters. The van der Waals surface area contributed by atoms with Crippen molar-refractivity contribution in [3.05, 3.63) is 52.3 Å². The molecule has 2 rings (SSSR count). The average molecular weight is 338 g/mol. The van der Waals surface area contributed by atoms with Gasteiger partial charge in [0.15, 0.2) is 0 Å². The monoisotopic (exact) mass is 337 g/mol. The first kappa shape index (κ1) is 16.5. The van der Waals surface area contributed by atoms with Crippen LogP contribution in [0.5, 0.6) is 11.5 Å². The number of phenolic OH excluding ortho intramolecular Hbond substituents is 1. The molecule has 0 amide bonds. The number of allylic oxidation sites excluding steroid dienone is 4. The second-order valence-electron chi connectivity index (χ2n) is 4.55. The molecule has 4 nitrogen and oxygen atoms in total. The Balaban J connectivity index is 2.92. The number of hydrogen-bond donors (Lipinski definition) is 1. The van der Waals surface area contributed by atoms with Gasteiger partial charge >= 0.3 is 0 Å². The molecule has 1 aromatic heterocycles. The first-order chi connectivity index (χ1) is 10.6. The highest BCUT2D eigenvalue weighted by Crippen LogP contribution is 2.32. The van der Waals surface area contributed by atoms with Gasteiger partial charge in [0.2, 0.25) is 5.43 Å². The van der Waals surface area contributed by atoms with Crippen LogP contribution in [0.25, 0.3) is 16.5 Å². The zero-order valence-corrected chi connectivity index (χ0v) is 14.0. The maximum absolute atomic E-state index is 12.8. The van der Waals surface area contributed by atoms with E-state index in [9.17, 15) is 9.90 Å². The summed E-state index contributed by atoms with van der Waals surface area (Å²) in [6.45, 7) is 3.73. The van der Waals surface area contributed by atoms with Gasteiger partial charge in [-0.2, -0.15) is 0 Å². The van der Waals surface area contributed by atoms with E-state index in [2.05, 4.69) is 0 Å². The highest BCUT2D eigenvalue weighted by molar-refractivity contribution is 8.20. The normalized spacial score (nSPS) is 12.3. The lowest BCUT2D eigenvalue weighted by atomic mass is 10.0. The van der Waals surface area contributed by atoms with Gasteiger partial charge in [-0.1, -0.05) is 18.2 Å². The summed E-state index contributed by atoms with van der Waals surface area (Å²) in [5, 5.41) is 10.4. The fourth-order valence-electron chi connectivity index (χ4n) is 2.27. The van der Waals surface area contributed by atoms with Crippen LogP contribution in [0.3, 0.4) is 0 Å². The van der Waals surface area contributed by atoms with Gasteiger partial charge in [0.1, 0.15) is 11.5 Å². The molecule has 0 saturated heterocycles. The third-order valence-corrected chi connectivity index (χ3v) is 4.20. The van der Waals surface area contributed by atoms with Gasteiger partial charge < -0.3 is 9.84 Å². The molecule has 1 aromatic carbocycles. The lowest BCUT2D eigenvalue weighted by Gasteiger charge is -2.12. The summed E-state index contributed by atoms with van der Waals surface area (Å²) >= 11 is 0.927. The topological polar surface area (TPSA) is 51.5 Å². The second kappa shape index (κ2) is 6.94. The summed E-state index contributed by atoms with van der Waals surface area (Å²) in [5.41, 5.74) is 1.50. The SMILES string of the molecule is C/C=C\C(=C/C)c1cn(SCl)c2cc(OC)cc(O)c2c1=O. The number of ether oxygens (including phenoxy) is 1. The first-order valence-electron chi connectivity index (χ1n) is 6.62. The predicted octanol–water partition coefficient (Wildman–Crippen LogP) is 4.35. The number of rotatable bonds is 4. The molecule has 22 heavy (non-hydrogen) atoms. The molecule has 0 spiro atoms. The summed E-state index contributed by atoms with van der Waals surface area (Å²) in [4.78, 5) is 12.8. The van der Waals surface area contributed by atoms with Crippen molar-refractivity contribution in [1.82, 2.24) is 3.97 Å². The Hall–Kier alpha value is -1.85. The molecule has 0 radical (unpaired) electrons. The Bertz CT molecular complexity index is 824. The van der Waals surface area contributed by atoms with E-state index < -0.39 is 0 Å². The molecule has 0 aliphatic carbocycles. The van der Waals surface area contributed by atoms with Crippen molar-refractivity contribution in [1.29, 1.82) is 0 Å². The highest BCUT2D eigenvalue weighted by atomic mass is 35.7. The molecule has 0 atom stereocenters. The Morgan fingerprint density at radius 1 is 1.41 bits per heavy atom. The van der Waals surface area contributed by atoms with E-state index in [0.717, 1.165) is 16.7 Å². The molecule has 0 bridgehead atoms. The van der Waals surface area contributed by atoms with Crippen LogP contribution >= 0.6 is 21.8 Å². The van der Waals surface area contributed by atoms with Crippen molar-refractivity contribution in [3.8, 4) is 11.5 Å². The maximum Gasteiger partial charge on any atom is 0.201 e. The molecule has 0 aliphatic heterocycles. The van der Waals surface area contributed by atoms with Crippen molar-refractivity contribution >= 4 is 38.3 Å². The Labute approximate surface area is 137 Å². The Kier molecular flexibility index (Phi) is 5.21. The number of fused-ring (bicyclic) bond motifs is 1. The van der Waals surface area contributed by atoms with Crippen molar-refractivity contribution < 1.29 is 9.84 Å². The van der Waals surface area contributed by atoms with Crippen LogP contribution < -0.4 is 10.2 Å². The van der Waals surface area contributed by atoms with Crippen molar-refractivity contribution in [2.24, 2.45) is 0 Å². The van der Waals surface area contributed by atoms with Crippen molar-refractivity contribution in [3.63, 3.8) is 0 Å². The molecule has 0 fully saturated rings. The zero-order chi connectivity index (χ0) is 16.3.